The van der Waals surface area contributed by atoms with E-state index in [1.54, 1.807) is 6.20 Å². The van der Waals surface area contributed by atoms with E-state index in [9.17, 15) is 0 Å². The van der Waals surface area contributed by atoms with Gasteiger partial charge in [-0.25, -0.2) is 4.98 Å². The first-order valence-corrected chi connectivity index (χ1v) is 6.22. The number of nitrogens with zero attached hydrogens (tertiary/aromatic N) is 4. The molecule has 1 aromatic rings. The van der Waals surface area contributed by atoms with Crippen LogP contribution in [0.4, 0.5) is 5.82 Å². The van der Waals surface area contributed by atoms with Crippen LogP contribution in [0.3, 0.4) is 0 Å². The summed E-state index contributed by atoms with van der Waals surface area (Å²) in [5.74, 6) is 0.863. The Balaban J connectivity index is 1.83. The Hall–Kier alpha value is -1.60. The molecular weight excluding hydrogens is 212 g/mol. The van der Waals surface area contributed by atoms with Gasteiger partial charge < -0.3 is 4.90 Å². The molecule has 0 saturated carbocycles. The third-order valence-electron chi connectivity index (χ3n) is 3.79. The number of pyridine rings is 1. The van der Waals surface area contributed by atoms with Gasteiger partial charge in [-0.3, -0.25) is 4.90 Å². The molecule has 0 radical (unpaired) electrons. The number of rotatable bonds is 1. The lowest BCUT2D eigenvalue weighted by atomic mass is 10.1. The minimum Gasteiger partial charge on any atom is -0.353 e. The molecule has 88 valence electrons. The summed E-state index contributed by atoms with van der Waals surface area (Å²) in [6.07, 6.45) is 4.37. The lowest BCUT2D eigenvalue weighted by molar-refractivity contribution is 0.230. The monoisotopic (exact) mass is 228 g/mol. The van der Waals surface area contributed by atoms with Crippen molar-refractivity contribution in [3.63, 3.8) is 0 Å². The van der Waals surface area contributed by atoms with Gasteiger partial charge in [0.15, 0.2) is 0 Å². The van der Waals surface area contributed by atoms with Crippen LogP contribution >= 0.6 is 0 Å². The summed E-state index contributed by atoms with van der Waals surface area (Å²) in [5.41, 5.74) is 0.693. The molecule has 2 fully saturated rings. The van der Waals surface area contributed by atoms with Crippen molar-refractivity contribution < 1.29 is 0 Å². The van der Waals surface area contributed by atoms with E-state index in [1.165, 1.54) is 19.4 Å². The van der Waals surface area contributed by atoms with Gasteiger partial charge in [0, 0.05) is 31.9 Å². The van der Waals surface area contributed by atoms with Crippen molar-refractivity contribution in [2.75, 3.05) is 31.1 Å². The molecule has 4 heteroatoms. The molecular formula is C13H16N4. The second-order valence-corrected chi connectivity index (χ2v) is 4.76. The third-order valence-corrected chi connectivity index (χ3v) is 3.79. The number of anilines is 1. The molecule has 2 aliphatic rings. The van der Waals surface area contributed by atoms with Gasteiger partial charge in [-0.1, -0.05) is 0 Å². The first-order valence-electron chi connectivity index (χ1n) is 6.22. The molecule has 2 saturated heterocycles. The van der Waals surface area contributed by atoms with Gasteiger partial charge in [0.25, 0.3) is 0 Å². The molecule has 1 atom stereocenters. The number of hydrogen-bond acceptors (Lipinski definition) is 4. The molecule has 1 aromatic heterocycles. The zero-order valence-corrected chi connectivity index (χ0v) is 9.84. The van der Waals surface area contributed by atoms with Gasteiger partial charge in [-0.2, -0.15) is 5.26 Å². The molecule has 0 spiro atoms. The molecule has 0 N–H and O–H groups in total. The highest BCUT2D eigenvalue weighted by atomic mass is 15.3. The highest BCUT2D eigenvalue weighted by Gasteiger charge is 2.31. The predicted octanol–water partition coefficient (Wildman–Crippen LogP) is 1.24. The maximum Gasteiger partial charge on any atom is 0.146 e. The van der Waals surface area contributed by atoms with E-state index >= 15 is 0 Å². The average molecular weight is 228 g/mol. The fourth-order valence-electron chi connectivity index (χ4n) is 2.92. The minimum absolute atomic E-state index is 0.664. The summed E-state index contributed by atoms with van der Waals surface area (Å²) in [7, 11) is 0. The lowest BCUT2D eigenvalue weighted by Gasteiger charge is -2.38. The summed E-state index contributed by atoms with van der Waals surface area (Å²) >= 11 is 0. The van der Waals surface area contributed by atoms with E-state index in [0.29, 0.717) is 11.6 Å². The smallest absolute Gasteiger partial charge is 0.146 e. The first-order chi connectivity index (χ1) is 8.38. The Bertz CT molecular complexity index is 451. The topological polar surface area (TPSA) is 43.2 Å². The molecule has 0 amide bonds. The number of fused-ring (bicyclic) bond motifs is 1. The standard InChI is InChI=1S/C13H16N4/c14-9-11-3-1-5-15-13(11)17-8-7-16-6-2-4-12(16)10-17/h1,3,5,12H,2,4,6-8,10H2. The van der Waals surface area contributed by atoms with Crippen LogP contribution in [0.1, 0.15) is 18.4 Å². The summed E-state index contributed by atoms with van der Waals surface area (Å²) < 4.78 is 0. The van der Waals surface area contributed by atoms with E-state index < -0.39 is 0 Å². The summed E-state index contributed by atoms with van der Waals surface area (Å²) in [6, 6.07) is 6.58. The van der Waals surface area contributed by atoms with Crippen LogP contribution in [-0.4, -0.2) is 42.1 Å². The zero-order chi connectivity index (χ0) is 11.7. The molecule has 0 bridgehead atoms. The molecule has 0 aliphatic carbocycles. The lowest BCUT2D eigenvalue weighted by Crippen LogP contribution is -2.50. The normalized spacial score (nSPS) is 24.4. The molecule has 1 unspecified atom stereocenters. The third kappa shape index (κ3) is 1.87. The van der Waals surface area contributed by atoms with Gasteiger partial charge in [0.1, 0.15) is 11.9 Å². The number of aromatic nitrogens is 1. The van der Waals surface area contributed by atoms with Crippen molar-refractivity contribution in [2.45, 2.75) is 18.9 Å². The second-order valence-electron chi connectivity index (χ2n) is 4.76. The van der Waals surface area contributed by atoms with Crippen molar-refractivity contribution in [2.24, 2.45) is 0 Å². The Morgan fingerprint density at radius 3 is 3.18 bits per heavy atom. The number of piperazine rings is 1. The molecule has 2 aliphatic heterocycles. The van der Waals surface area contributed by atoms with Crippen molar-refractivity contribution in [3.8, 4) is 6.07 Å². The Morgan fingerprint density at radius 1 is 1.35 bits per heavy atom. The maximum atomic E-state index is 9.11. The maximum absolute atomic E-state index is 9.11. The van der Waals surface area contributed by atoms with E-state index in [2.05, 4.69) is 20.9 Å². The number of nitriles is 1. The van der Waals surface area contributed by atoms with Crippen LogP contribution in [0.15, 0.2) is 18.3 Å². The predicted molar refractivity (Wildman–Crippen MR) is 65.8 cm³/mol. The zero-order valence-electron chi connectivity index (χ0n) is 9.84. The van der Waals surface area contributed by atoms with Crippen LogP contribution in [-0.2, 0) is 0 Å². The van der Waals surface area contributed by atoms with Crippen molar-refractivity contribution >= 4 is 5.82 Å². The fourth-order valence-corrected chi connectivity index (χ4v) is 2.92. The second kappa shape index (κ2) is 4.34. The quantitative estimate of drug-likeness (QED) is 0.725. The van der Waals surface area contributed by atoms with Crippen LogP contribution in [0.25, 0.3) is 0 Å². The largest absolute Gasteiger partial charge is 0.353 e. The van der Waals surface area contributed by atoms with Gasteiger partial charge in [0.05, 0.1) is 5.56 Å². The van der Waals surface area contributed by atoms with Gasteiger partial charge in [0.2, 0.25) is 0 Å². The van der Waals surface area contributed by atoms with Gasteiger partial charge in [-0.15, -0.1) is 0 Å². The van der Waals surface area contributed by atoms with E-state index in [-0.39, 0.29) is 0 Å². The molecule has 3 rings (SSSR count). The Morgan fingerprint density at radius 2 is 2.29 bits per heavy atom. The summed E-state index contributed by atoms with van der Waals surface area (Å²) in [6.45, 7) is 4.35. The van der Waals surface area contributed by atoms with Crippen LogP contribution in [0, 0.1) is 11.3 Å². The van der Waals surface area contributed by atoms with E-state index in [0.717, 1.165) is 25.5 Å². The fraction of sp³-hybridized carbons (Fsp3) is 0.538. The van der Waals surface area contributed by atoms with Crippen molar-refractivity contribution in [3.05, 3.63) is 23.9 Å². The molecule has 0 aromatic carbocycles. The SMILES string of the molecule is N#Cc1cccnc1N1CCN2CCCC2C1. The minimum atomic E-state index is 0.664. The summed E-state index contributed by atoms with van der Waals surface area (Å²) in [5, 5.41) is 9.11. The first kappa shape index (κ1) is 10.5. The van der Waals surface area contributed by atoms with Gasteiger partial charge in [-0.05, 0) is 31.5 Å². The van der Waals surface area contributed by atoms with Crippen LogP contribution in [0.2, 0.25) is 0 Å². The van der Waals surface area contributed by atoms with E-state index in [1.807, 2.05) is 12.1 Å². The number of hydrogen-bond donors (Lipinski definition) is 0. The Kier molecular flexibility index (Phi) is 2.69. The van der Waals surface area contributed by atoms with E-state index in [4.69, 9.17) is 5.26 Å². The highest BCUT2D eigenvalue weighted by Crippen LogP contribution is 2.25. The van der Waals surface area contributed by atoms with Crippen molar-refractivity contribution in [1.29, 1.82) is 5.26 Å². The molecule has 17 heavy (non-hydrogen) atoms. The summed E-state index contributed by atoms with van der Waals surface area (Å²) in [4.78, 5) is 9.20. The van der Waals surface area contributed by atoms with Crippen LogP contribution < -0.4 is 4.90 Å². The average Bonchev–Trinajstić information content (AvgIpc) is 2.85. The van der Waals surface area contributed by atoms with Crippen molar-refractivity contribution in [1.82, 2.24) is 9.88 Å². The Labute approximate surface area is 101 Å². The van der Waals surface area contributed by atoms with Crippen LogP contribution in [0.5, 0.6) is 0 Å². The highest BCUT2D eigenvalue weighted by molar-refractivity contribution is 5.53. The van der Waals surface area contributed by atoms with Gasteiger partial charge >= 0.3 is 0 Å². The molecule has 4 nitrogen and oxygen atoms in total. The molecule has 3 heterocycles.